The third-order valence-corrected chi connectivity index (χ3v) is 8.83. The van der Waals surface area contributed by atoms with E-state index in [-0.39, 0.29) is 59.9 Å². The topological polar surface area (TPSA) is 167 Å². The fourth-order valence-electron chi connectivity index (χ4n) is 6.23. The van der Waals surface area contributed by atoms with Gasteiger partial charge in [0.25, 0.3) is 5.56 Å². The first-order valence-electron chi connectivity index (χ1n) is 15.7. The molecule has 3 aromatic carbocycles. The summed E-state index contributed by atoms with van der Waals surface area (Å²) >= 11 is 0. The fraction of sp³-hybridized carbons (Fsp3) is 0.222. The lowest BCUT2D eigenvalue weighted by molar-refractivity contribution is -0.116. The van der Waals surface area contributed by atoms with Crippen LogP contribution in [0.15, 0.2) is 65.6 Å². The predicted molar refractivity (Wildman–Crippen MR) is 186 cm³/mol. The van der Waals surface area contributed by atoms with Crippen molar-refractivity contribution in [3.63, 3.8) is 0 Å². The van der Waals surface area contributed by atoms with Gasteiger partial charge in [0.15, 0.2) is 34.8 Å². The number of hydrogen-bond donors (Lipinski definition) is 3. The number of aryl methyl sites for hydroxylation is 2. The first-order chi connectivity index (χ1) is 24.0. The molecule has 1 aliphatic rings. The van der Waals surface area contributed by atoms with Crippen molar-refractivity contribution in [1.29, 1.82) is 0 Å². The Morgan fingerprint density at radius 2 is 1.74 bits per heavy atom. The fourth-order valence-corrected chi connectivity index (χ4v) is 6.23. The molecule has 0 atom stereocenters. The monoisotopic (exact) mass is 679 g/mol. The van der Waals surface area contributed by atoms with Gasteiger partial charge in [-0.15, -0.1) is 0 Å². The molecule has 0 saturated carbocycles. The molecule has 0 bridgehead atoms. The average Bonchev–Trinajstić information content (AvgIpc) is 3.67. The molecule has 0 unspecified atom stereocenters. The SMILES string of the molecule is COc1cc2c(cc1OC(=O)N(C)c1ccccc1NC(=O)CCCn1c(O)cc(C)c1O)c(=O)n(C)c1c3cc4c(cc3ncc21)OCO4. The quantitative estimate of drug-likeness (QED) is 0.174. The highest BCUT2D eigenvalue weighted by Gasteiger charge is 2.23. The van der Waals surface area contributed by atoms with Gasteiger partial charge in [0, 0.05) is 67.1 Å². The molecule has 3 aromatic heterocycles. The van der Waals surface area contributed by atoms with Crippen molar-refractivity contribution in [2.24, 2.45) is 7.05 Å². The third kappa shape index (κ3) is 5.49. The Morgan fingerprint density at radius 3 is 2.48 bits per heavy atom. The van der Waals surface area contributed by atoms with Crippen molar-refractivity contribution >= 4 is 56.0 Å². The number of aromatic hydroxyl groups is 2. The number of pyridine rings is 2. The van der Waals surface area contributed by atoms with Gasteiger partial charge in [0.05, 0.1) is 34.9 Å². The molecule has 6 aromatic rings. The van der Waals surface area contributed by atoms with E-state index in [4.69, 9.17) is 18.9 Å². The number of carbonyl (C=O) groups is 2. The molecule has 1 aliphatic heterocycles. The van der Waals surface area contributed by atoms with Crippen molar-refractivity contribution in [2.45, 2.75) is 26.3 Å². The van der Waals surface area contributed by atoms with Crippen LogP contribution in [0.4, 0.5) is 16.2 Å². The molecule has 14 heteroatoms. The van der Waals surface area contributed by atoms with Gasteiger partial charge in [-0.25, -0.2) is 4.79 Å². The normalized spacial score (nSPS) is 12.1. The number of benzene rings is 3. The summed E-state index contributed by atoms with van der Waals surface area (Å²) in [5.41, 5.74) is 2.23. The van der Waals surface area contributed by atoms with Crippen LogP contribution in [0, 0.1) is 6.92 Å². The summed E-state index contributed by atoms with van der Waals surface area (Å²) in [5.74, 6) is 0.936. The standard InChI is InChI=1S/C36H33N5O9/c1-19-12-32(43)41(34(19)44)11-7-10-31(42)38-24-8-5-6-9-26(24)39(2)36(46)50-30-14-21-20(13-27(30)47-4)23-17-37-25-16-29-28(48-18-49-29)15-22(25)33(23)40(3)35(21)45/h5-6,8-9,12-17,43-44H,7,10-11,18H2,1-4H3,(H,38,42). The van der Waals surface area contributed by atoms with Crippen molar-refractivity contribution in [1.82, 2.24) is 14.1 Å². The molecule has 0 fully saturated rings. The summed E-state index contributed by atoms with van der Waals surface area (Å²) in [7, 11) is 4.60. The molecule has 0 saturated heterocycles. The van der Waals surface area contributed by atoms with Crippen LogP contribution in [0.5, 0.6) is 34.8 Å². The van der Waals surface area contributed by atoms with Crippen LogP contribution in [-0.4, -0.2) is 57.3 Å². The van der Waals surface area contributed by atoms with Crippen LogP contribution in [0.25, 0.3) is 32.6 Å². The number of hydrogen-bond acceptors (Lipinski definition) is 10. The van der Waals surface area contributed by atoms with E-state index in [0.29, 0.717) is 62.1 Å². The lowest BCUT2D eigenvalue weighted by Crippen LogP contribution is -2.30. The molecule has 2 amide bonds. The second-order valence-corrected chi connectivity index (χ2v) is 11.9. The highest BCUT2D eigenvalue weighted by atomic mass is 16.7. The Balaban J connectivity index is 1.14. The van der Waals surface area contributed by atoms with E-state index < -0.39 is 6.09 Å². The number of nitrogens with zero attached hydrogens (tertiary/aromatic N) is 4. The number of carbonyl (C=O) groups excluding carboxylic acids is 2. The maximum absolute atomic E-state index is 13.8. The molecule has 50 heavy (non-hydrogen) atoms. The van der Waals surface area contributed by atoms with Crippen molar-refractivity contribution in [3.8, 4) is 34.8 Å². The lowest BCUT2D eigenvalue weighted by Gasteiger charge is -2.21. The van der Waals surface area contributed by atoms with Gasteiger partial charge < -0.3 is 39.0 Å². The summed E-state index contributed by atoms with van der Waals surface area (Å²) < 4.78 is 25.3. The Kier molecular flexibility index (Phi) is 8.06. The number of fused-ring (bicyclic) bond motifs is 6. The van der Waals surface area contributed by atoms with E-state index in [0.717, 1.165) is 0 Å². The zero-order valence-corrected chi connectivity index (χ0v) is 27.6. The minimum absolute atomic E-state index is 0.0266. The molecule has 0 spiro atoms. The summed E-state index contributed by atoms with van der Waals surface area (Å²) in [6, 6.07) is 14.9. The number of amides is 2. The molecule has 0 radical (unpaired) electrons. The van der Waals surface area contributed by atoms with Crippen LogP contribution >= 0.6 is 0 Å². The number of ether oxygens (including phenoxy) is 4. The van der Waals surface area contributed by atoms with E-state index in [1.165, 1.54) is 40.3 Å². The van der Waals surface area contributed by atoms with Crippen molar-refractivity contribution in [3.05, 3.63) is 76.7 Å². The Labute approximate surface area is 284 Å². The zero-order chi connectivity index (χ0) is 35.3. The number of rotatable bonds is 8. The van der Waals surface area contributed by atoms with Crippen molar-refractivity contribution < 1.29 is 38.7 Å². The Morgan fingerprint density at radius 1 is 1.00 bits per heavy atom. The molecule has 256 valence electrons. The maximum atomic E-state index is 13.8. The van der Waals surface area contributed by atoms with Gasteiger partial charge >= 0.3 is 6.09 Å². The van der Waals surface area contributed by atoms with Gasteiger partial charge in [0.1, 0.15) is 0 Å². The van der Waals surface area contributed by atoms with E-state index in [1.54, 1.807) is 56.6 Å². The van der Waals surface area contributed by atoms with E-state index in [9.17, 15) is 24.6 Å². The van der Waals surface area contributed by atoms with Crippen LogP contribution in [0.3, 0.4) is 0 Å². The number of methoxy groups -OCH3 is 1. The van der Waals surface area contributed by atoms with Gasteiger partial charge in [-0.2, -0.15) is 0 Å². The number of para-hydroxylation sites is 2. The molecular formula is C36H33N5O9. The van der Waals surface area contributed by atoms with Gasteiger partial charge in [-0.05, 0) is 43.7 Å². The van der Waals surface area contributed by atoms with Crippen LogP contribution < -0.4 is 34.7 Å². The van der Waals surface area contributed by atoms with Gasteiger partial charge in [-0.3, -0.25) is 24.0 Å². The molecule has 14 nitrogen and oxygen atoms in total. The van der Waals surface area contributed by atoms with E-state index >= 15 is 0 Å². The summed E-state index contributed by atoms with van der Waals surface area (Å²) in [6.45, 7) is 2.01. The largest absolute Gasteiger partial charge is 0.494 e. The van der Waals surface area contributed by atoms with E-state index in [2.05, 4.69) is 10.3 Å². The first-order valence-corrected chi connectivity index (χ1v) is 15.7. The highest BCUT2D eigenvalue weighted by molar-refractivity contribution is 6.15. The predicted octanol–water partition coefficient (Wildman–Crippen LogP) is 5.55. The number of aromatic nitrogens is 3. The van der Waals surface area contributed by atoms with E-state index in [1.807, 2.05) is 6.07 Å². The minimum Gasteiger partial charge on any atom is -0.494 e. The zero-order valence-electron chi connectivity index (χ0n) is 27.6. The van der Waals surface area contributed by atoms with Crippen molar-refractivity contribution in [2.75, 3.05) is 31.2 Å². The first kappa shape index (κ1) is 32.1. The second kappa shape index (κ2) is 12.5. The van der Waals surface area contributed by atoms with Gasteiger partial charge in [0.2, 0.25) is 12.7 Å². The number of nitrogens with one attached hydrogen (secondary N) is 1. The summed E-state index contributed by atoms with van der Waals surface area (Å²) in [4.78, 5) is 46.0. The molecule has 0 aliphatic carbocycles. The Hall–Kier alpha value is -6.44. The summed E-state index contributed by atoms with van der Waals surface area (Å²) in [6.07, 6.45) is 1.32. The van der Waals surface area contributed by atoms with Gasteiger partial charge in [-0.1, -0.05) is 12.1 Å². The smallest absolute Gasteiger partial charge is 0.419 e. The third-order valence-electron chi connectivity index (χ3n) is 8.83. The Bertz CT molecular complexity index is 2420. The average molecular weight is 680 g/mol. The maximum Gasteiger partial charge on any atom is 0.419 e. The molecule has 3 N–H and O–H groups in total. The van der Waals surface area contributed by atoms with Crippen LogP contribution in [-0.2, 0) is 18.4 Å². The van der Waals surface area contributed by atoms with Crippen LogP contribution in [0.2, 0.25) is 0 Å². The van der Waals surface area contributed by atoms with Crippen LogP contribution in [0.1, 0.15) is 18.4 Å². The second-order valence-electron chi connectivity index (χ2n) is 11.9. The minimum atomic E-state index is -0.792. The lowest BCUT2D eigenvalue weighted by atomic mass is 10.0. The number of anilines is 2. The molecule has 7 rings (SSSR count). The molecular weight excluding hydrogens is 646 g/mol. The molecule has 4 heterocycles. The highest BCUT2D eigenvalue weighted by Crippen LogP contribution is 2.40. The summed E-state index contributed by atoms with van der Waals surface area (Å²) in [5, 5.41) is 25.2.